The summed E-state index contributed by atoms with van der Waals surface area (Å²) < 4.78 is 80.6. The molecule has 3 aliphatic rings. The minimum atomic E-state index is -4.88. The van der Waals surface area contributed by atoms with E-state index >= 15 is 0 Å². The Labute approximate surface area is 176 Å². The van der Waals surface area contributed by atoms with Crippen molar-refractivity contribution in [1.29, 1.82) is 0 Å². The third kappa shape index (κ3) is 3.49. The highest BCUT2D eigenvalue weighted by Gasteiger charge is 2.43. The summed E-state index contributed by atoms with van der Waals surface area (Å²) in [7, 11) is 0. The zero-order chi connectivity index (χ0) is 22.0. The van der Waals surface area contributed by atoms with Crippen LogP contribution < -0.4 is 10.2 Å². The molecule has 2 aromatic carbocycles. The van der Waals surface area contributed by atoms with E-state index in [1.54, 1.807) is 12.1 Å². The van der Waals surface area contributed by atoms with Gasteiger partial charge in [0, 0.05) is 30.7 Å². The van der Waals surface area contributed by atoms with Crippen molar-refractivity contribution >= 4 is 5.69 Å². The number of halogens is 6. The lowest BCUT2D eigenvalue weighted by Crippen LogP contribution is -2.44. The summed E-state index contributed by atoms with van der Waals surface area (Å²) in [6.07, 6.45) is -6.01. The lowest BCUT2D eigenvalue weighted by molar-refractivity contribution is -0.142. The molecule has 0 radical (unpaired) electrons. The van der Waals surface area contributed by atoms with Crippen LogP contribution >= 0.6 is 0 Å². The van der Waals surface area contributed by atoms with Crippen molar-refractivity contribution < 1.29 is 26.3 Å². The van der Waals surface area contributed by atoms with Crippen molar-refractivity contribution in [1.82, 2.24) is 5.32 Å². The maximum atomic E-state index is 13.8. The topological polar surface area (TPSA) is 15.3 Å². The summed E-state index contributed by atoms with van der Waals surface area (Å²) in [4.78, 5) is 2.42. The van der Waals surface area contributed by atoms with Gasteiger partial charge in [0.05, 0.1) is 11.1 Å². The lowest BCUT2D eigenvalue weighted by Gasteiger charge is -2.33. The molecule has 2 aromatic rings. The van der Waals surface area contributed by atoms with E-state index in [4.69, 9.17) is 0 Å². The number of aryl methyl sites for hydroxylation is 1. The summed E-state index contributed by atoms with van der Waals surface area (Å²) in [5.41, 5.74) is 0.805. The van der Waals surface area contributed by atoms with Gasteiger partial charge >= 0.3 is 12.4 Å². The number of nitrogens with zero attached hydrogens (tertiary/aromatic N) is 1. The zero-order valence-electron chi connectivity index (χ0n) is 16.7. The minimum absolute atomic E-state index is 0.185. The predicted octanol–water partition coefficient (Wildman–Crippen LogP) is 5.99. The quantitative estimate of drug-likeness (QED) is 0.548. The molecule has 3 aliphatic heterocycles. The van der Waals surface area contributed by atoms with E-state index in [2.05, 4.69) is 10.2 Å². The van der Waals surface area contributed by atoms with Crippen LogP contribution in [0.4, 0.5) is 32.0 Å². The molecule has 3 heterocycles. The Morgan fingerprint density at radius 2 is 1.74 bits per heavy atom. The van der Waals surface area contributed by atoms with Crippen molar-refractivity contribution in [2.24, 2.45) is 0 Å². The molecule has 1 fully saturated rings. The Bertz CT molecular complexity index is 1010. The van der Waals surface area contributed by atoms with Crippen LogP contribution in [-0.4, -0.2) is 25.7 Å². The number of nitrogens with one attached hydrogen (secondary N) is 1. The van der Waals surface area contributed by atoms with E-state index in [0.717, 1.165) is 74.3 Å². The molecule has 31 heavy (non-hydrogen) atoms. The number of piperidine rings is 1. The van der Waals surface area contributed by atoms with E-state index in [-0.39, 0.29) is 17.5 Å². The Morgan fingerprint density at radius 3 is 2.48 bits per heavy atom. The number of anilines is 1. The van der Waals surface area contributed by atoms with Crippen LogP contribution in [-0.2, 0) is 18.8 Å². The van der Waals surface area contributed by atoms with Crippen molar-refractivity contribution in [2.45, 2.75) is 50.0 Å². The third-order valence-corrected chi connectivity index (χ3v) is 6.81. The second-order valence-electron chi connectivity index (χ2n) is 8.65. The van der Waals surface area contributed by atoms with Crippen LogP contribution in [0.5, 0.6) is 0 Å². The summed E-state index contributed by atoms with van der Waals surface area (Å²) in [5, 5.41) is 3.38. The summed E-state index contributed by atoms with van der Waals surface area (Å²) in [6.45, 7) is 2.61. The van der Waals surface area contributed by atoms with Crippen LogP contribution in [0.25, 0.3) is 11.1 Å². The van der Waals surface area contributed by atoms with Gasteiger partial charge < -0.3 is 10.2 Å². The van der Waals surface area contributed by atoms with Gasteiger partial charge in [-0.25, -0.2) is 0 Å². The van der Waals surface area contributed by atoms with Crippen LogP contribution in [0.2, 0.25) is 0 Å². The molecule has 0 aliphatic carbocycles. The average Bonchev–Trinajstić information content (AvgIpc) is 2.87. The molecule has 1 N–H and O–H groups in total. The summed E-state index contributed by atoms with van der Waals surface area (Å²) in [6, 6.07) is 5.83. The van der Waals surface area contributed by atoms with Gasteiger partial charge in [0.1, 0.15) is 0 Å². The van der Waals surface area contributed by atoms with Gasteiger partial charge in [-0.05, 0) is 78.7 Å². The fourth-order valence-electron chi connectivity index (χ4n) is 5.48. The standard InChI is InChI=1S/C23H22F6N2/c24-22(25,26)15-4-5-16(19(11-15)23(27,28)29)14-9-13-3-1-2-8-31-20-6-7-30-12-18(20)17(10-14)21(13)31/h4-5,9-11,18,20,30H,1-3,6-8,12H2. The fourth-order valence-corrected chi connectivity index (χ4v) is 5.48. The van der Waals surface area contributed by atoms with Crippen LogP contribution in [0.15, 0.2) is 30.3 Å². The number of benzene rings is 2. The third-order valence-electron chi connectivity index (χ3n) is 6.81. The molecule has 0 spiro atoms. The molecule has 0 bridgehead atoms. The maximum Gasteiger partial charge on any atom is 0.417 e. The number of hydrogen-bond donors (Lipinski definition) is 1. The first-order valence-electron chi connectivity index (χ1n) is 10.6. The predicted molar refractivity (Wildman–Crippen MR) is 106 cm³/mol. The second-order valence-corrected chi connectivity index (χ2v) is 8.65. The van der Waals surface area contributed by atoms with Gasteiger partial charge in [-0.15, -0.1) is 0 Å². The number of hydrogen-bond acceptors (Lipinski definition) is 2. The van der Waals surface area contributed by atoms with Crippen molar-refractivity contribution in [3.8, 4) is 11.1 Å². The van der Waals surface area contributed by atoms with Crippen LogP contribution in [0.3, 0.4) is 0 Å². The smallest absolute Gasteiger partial charge is 0.367 e. The highest BCUT2D eigenvalue weighted by molar-refractivity contribution is 5.78. The highest BCUT2D eigenvalue weighted by Crippen LogP contribution is 2.50. The molecule has 2 atom stereocenters. The SMILES string of the molecule is FC(F)(F)c1ccc(-c2cc3c4c(c2)C2CNCCC2N4CCCC3)c(C(F)(F)F)c1. The number of rotatable bonds is 1. The van der Waals surface area contributed by atoms with Gasteiger partial charge in [0.15, 0.2) is 0 Å². The second kappa shape index (κ2) is 7.15. The Hall–Kier alpha value is -2.22. The summed E-state index contributed by atoms with van der Waals surface area (Å²) >= 11 is 0. The number of alkyl halides is 6. The Kier molecular flexibility index (Phi) is 4.77. The Morgan fingerprint density at radius 1 is 0.935 bits per heavy atom. The first-order valence-corrected chi connectivity index (χ1v) is 10.6. The van der Waals surface area contributed by atoms with Gasteiger partial charge in [-0.1, -0.05) is 6.07 Å². The fraction of sp³-hybridized carbons (Fsp3) is 0.478. The molecule has 2 unspecified atom stereocenters. The van der Waals surface area contributed by atoms with E-state index in [1.165, 1.54) is 0 Å². The van der Waals surface area contributed by atoms with E-state index < -0.39 is 23.5 Å². The van der Waals surface area contributed by atoms with Crippen molar-refractivity contribution in [3.63, 3.8) is 0 Å². The molecule has 8 heteroatoms. The van der Waals surface area contributed by atoms with Crippen molar-refractivity contribution in [3.05, 3.63) is 52.6 Å². The molecule has 0 saturated carbocycles. The zero-order valence-corrected chi connectivity index (χ0v) is 16.7. The lowest BCUT2D eigenvalue weighted by atomic mass is 9.86. The molecule has 166 valence electrons. The Balaban J connectivity index is 1.69. The van der Waals surface area contributed by atoms with Gasteiger partial charge in [-0.2, -0.15) is 26.3 Å². The van der Waals surface area contributed by atoms with Gasteiger partial charge in [-0.3, -0.25) is 0 Å². The highest BCUT2D eigenvalue weighted by atomic mass is 19.4. The molecule has 2 nitrogen and oxygen atoms in total. The maximum absolute atomic E-state index is 13.8. The monoisotopic (exact) mass is 440 g/mol. The first-order chi connectivity index (χ1) is 14.6. The minimum Gasteiger partial charge on any atom is -0.367 e. The summed E-state index contributed by atoms with van der Waals surface area (Å²) in [5.74, 6) is 0.185. The average molecular weight is 440 g/mol. The largest absolute Gasteiger partial charge is 0.417 e. The normalized spacial score (nSPS) is 23.4. The first kappa shape index (κ1) is 20.7. The molecular weight excluding hydrogens is 418 g/mol. The van der Waals surface area contributed by atoms with E-state index in [1.807, 2.05) is 0 Å². The van der Waals surface area contributed by atoms with E-state index in [0.29, 0.717) is 11.6 Å². The molecular formula is C23H22F6N2. The molecule has 1 saturated heterocycles. The molecule has 0 aromatic heterocycles. The van der Waals surface area contributed by atoms with Gasteiger partial charge in [0.2, 0.25) is 0 Å². The van der Waals surface area contributed by atoms with Crippen LogP contribution in [0, 0.1) is 0 Å². The van der Waals surface area contributed by atoms with Gasteiger partial charge in [0.25, 0.3) is 0 Å². The van der Waals surface area contributed by atoms with Crippen LogP contribution in [0.1, 0.15) is 47.4 Å². The molecule has 0 amide bonds. The van der Waals surface area contributed by atoms with Crippen molar-refractivity contribution in [2.75, 3.05) is 24.5 Å². The number of fused-ring (bicyclic) bond motifs is 3. The van der Waals surface area contributed by atoms with E-state index in [9.17, 15) is 26.3 Å². The molecule has 5 rings (SSSR count).